The number of ether oxygens (including phenoxy) is 2. The summed E-state index contributed by atoms with van der Waals surface area (Å²) in [6.45, 7) is 9.35. The minimum atomic E-state index is 0.0485. The van der Waals surface area contributed by atoms with E-state index in [0.29, 0.717) is 36.3 Å². The minimum absolute atomic E-state index is 0.0485. The van der Waals surface area contributed by atoms with E-state index in [9.17, 15) is 4.79 Å². The van der Waals surface area contributed by atoms with Gasteiger partial charge in [0.25, 0.3) is 5.91 Å². The second-order valence-electron chi connectivity index (χ2n) is 5.13. The summed E-state index contributed by atoms with van der Waals surface area (Å²) < 4.78 is 11.1. The largest absolute Gasteiger partial charge is 0.490 e. The molecule has 0 aromatic heterocycles. The molecular weight excluding hydrogens is 268 g/mol. The lowest BCUT2D eigenvalue weighted by atomic mass is 10.1. The van der Waals surface area contributed by atoms with Crippen molar-refractivity contribution in [2.75, 3.05) is 32.8 Å². The number of benzene rings is 1. The van der Waals surface area contributed by atoms with Crippen molar-refractivity contribution in [3.63, 3.8) is 0 Å². The number of nitrogens with one attached hydrogen (secondary N) is 1. The molecule has 0 saturated carbocycles. The predicted molar refractivity (Wildman–Crippen MR) is 82.1 cm³/mol. The Morgan fingerprint density at radius 1 is 1.29 bits per heavy atom. The quantitative estimate of drug-likeness (QED) is 0.901. The summed E-state index contributed by atoms with van der Waals surface area (Å²) in [6, 6.07) is 5.73. The van der Waals surface area contributed by atoms with E-state index in [4.69, 9.17) is 9.47 Å². The normalized spacial score (nSPS) is 18.4. The molecule has 0 spiro atoms. The summed E-state index contributed by atoms with van der Waals surface area (Å²) in [5, 5.41) is 3.34. The summed E-state index contributed by atoms with van der Waals surface area (Å²) in [5.74, 6) is 1.37. The lowest BCUT2D eigenvalue weighted by Crippen LogP contribution is -2.51. The van der Waals surface area contributed by atoms with Gasteiger partial charge in [0.2, 0.25) is 0 Å². The maximum Gasteiger partial charge on any atom is 0.254 e. The topological polar surface area (TPSA) is 50.8 Å². The van der Waals surface area contributed by atoms with Gasteiger partial charge >= 0.3 is 0 Å². The fourth-order valence-electron chi connectivity index (χ4n) is 2.48. The Bertz CT molecular complexity index is 490. The molecule has 1 saturated heterocycles. The highest BCUT2D eigenvalue weighted by Crippen LogP contribution is 2.29. The zero-order chi connectivity index (χ0) is 15.2. The van der Waals surface area contributed by atoms with E-state index in [0.717, 1.165) is 19.6 Å². The third kappa shape index (κ3) is 3.88. The predicted octanol–water partition coefficient (Wildman–Crippen LogP) is 1.92. The monoisotopic (exact) mass is 292 g/mol. The van der Waals surface area contributed by atoms with E-state index in [-0.39, 0.29) is 5.91 Å². The van der Waals surface area contributed by atoms with Gasteiger partial charge in [-0.1, -0.05) is 0 Å². The SMILES string of the molecule is CCOc1ccc(C(=O)N2CCNC(C)C2)cc1OCC. The maximum absolute atomic E-state index is 12.6. The molecule has 1 aliphatic rings. The molecule has 1 aromatic rings. The summed E-state index contributed by atoms with van der Waals surface area (Å²) in [7, 11) is 0. The van der Waals surface area contributed by atoms with Crippen molar-refractivity contribution < 1.29 is 14.3 Å². The number of piperazine rings is 1. The molecule has 1 fully saturated rings. The van der Waals surface area contributed by atoms with Gasteiger partial charge in [-0.05, 0) is 39.0 Å². The molecule has 116 valence electrons. The number of nitrogens with zero attached hydrogens (tertiary/aromatic N) is 1. The molecule has 2 rings (SSSR count). The van der Waals surface area contributed by atoms with Gasteiger partial charge in [0.15, 0.2) is 11.5 Å². The summed E-state index contributed by atoms with van der Waals surface area (Å²) in [4.78, 5) is 14.5. The summed E-state index contributed by atoms with van der Waals surface area (Å²) in [6.07, 6.45) is 0. The molecule has 0 bridgehead atoms. The van der Waals surface area contributed by atoms with E-state index < -0.39 is 0 Å². The molecule has 5 heteroatoms. The fraction of sp³-hybridized carbons (Fsp3) is 0.562. The van der Waals surface area contributed by atoms with E-state index in [1.165, 1.54) is 0 Å². The second kappa shape index (κ2) is 7.31. The van der Waals surface area contributed by atoms with Gasteiger partial charge in [-0.15, -0.1) is 0 Å². The van der Waals surface area contributed by atoms with Crippen LogP contribution in [0, 0.1) is 0 Å². The number of amides is 1. The Morgan fingerprint density at radius 3 is 2.67 bits per heavy atom. The first-order valence-corrected chi connectivity index (χ1v) is 7.58. The first-order chi connectivity index (χ1) is 10.2. The van der Waals surface area contributed by atoms with Crippen molar-refractivity contribution in [1.29, 1.82) is 0 Å². The Hall–Kier alpha value is -1.75. The number of carbonyl (C=O) groups is 1. The van der Waals surface area contributed by atoms with Gasteiger partial charge in [0.1, 0.15) is 0 Å². The van der Waals surface area contributed by atoms with Crippen LogP contribution in [0.4, 0.5) is 0 Å². The van der Waals surface area contributed by atoms with Crippen LogP contribution in [-0.4, -0.2) is 49.7 Å². The highest BCUT2D eigenvalue weighted by Gasteiger charge is 2.22. The van der Waals surface area contributed by atoms with Crippen molar-refractivity contribution in [2.24, 2.45) is 0 Å². The van der Waals surface area contributed by atoms with Crippen LogP contribution in [-0.2, 0) is 0 Å². The van der Waals surface area contributed by atoms with Crippen LogP contribution >= 0.6 is 0 Å². The zero-order valence-corrected chi connectivity index (χ0v) is 13.0. The van der Waals surface area contributed by atoms with E-state index in [2.05, 4.69) is 12.2 Å². The lowest BCUT2D eigenvalue weighted by molar-refractivity contribution is 0.0708. The van der Waals surface area contributed by atoms with Gasteiger partial charge in [0.05, 0.1) is 13.2 Å². The molecule has 5 nitrogen and oxygen atoms in total. The first kappa shape index (κ1) is 15.6. The molecule has 1 amide bonds. The third-order valence-corrected chi connectivity index (χ3v) is 3.45. The molecule has 1 atom stereocenters. The van der Waals surface area contributed by atoms with E-state index in [1.807, 2.05) is 30.9 Å². The zero-order valence-electron chi connectivity index (χ0n) is 13.0. The average molecular weight is 292 g/mol. The van der Waals surface area contributed by atoms with Gasteiger partial charge in [-0.25, -0.2) is 0 Å². The van der Waals surface area contributed by atoms with E-state index in [1.54, 1.807) is 6.07 Å². The van der Waals surface area contributed by atoms with Crippen molar-refractivity contribution in [1.82, 2.24) is 10.2 Å². The molecule has 21 heavy (non-hydrogen) atoms. The van der Waals surface area contributed by atoms with Crippen LogP contribution in [0.3, 0.4) is 0 Å². The molecule has 0 aliphatic carbocycles. The molecule has 0 radical (unpaired) electrons. The van der Waals surface area contributed by atoms with Gasteiger partial charge in [-0.2, -0.15) is 0 Å². The third-order valence-electron chi connectivity index (χ3n) is 3.45. The second-order valence-corrected chi connectivity index (χ2v) is 5.13. The van der Waals surface area contributed by atoms with Gasteiger partial charge < -0.3 is 19.7 Å². The van der Waals surface area contributed by atoms with Crippen molar-refractivity contribution >= 4 is 5.91 Å². The molecule has 1 unspecified atom stereocenters. The summed E-state index contributed by atoms with van der Waals surface area (Å²) >= 11 is 0. The molecule has 1 aliphatic heterocycles. The van der Waals surface area contributed by atoms with Crippen molar-refractivity contribution in [2.45, 2.75) is 26.8 Å². The van der Waals surface area contributed by atoms with Gasteiger partial charge in [-0.3, -0.25) is 4.79 Å². The fourth-order valence-corrected chi connectivity index (χ4v) is 2.48. The highest BCUT2D eigenvalue weighted by atomic mass is 16.5. The molecular formula is C16H24N2O3. The first-order valence-electron chi connectivity index (χ1n) is 7.58. The summed E-state index contributed by atoms with van der Waals surface area (Å²) in [5.41, 5.74) is 0.649. The lowest BCUT2D eigenvalue weighted by Gasteiger charge is -2.32. The van der Waals surface area contributed by atoms with Gasteiger partial charge in [0, 0.05) is 31.2 Å². The Morgan fingerprint density at radius 2 is 2.00 bits per heavy atom. The van der Waals surface area contributed by atoms with Crippen molar-refractivity contribution in [3.05, 3.63) is 23.8 Å². The number of hydrogen-bond acceptors (Lipinski definition) is 4. The van der Waals surface area contributed by atoms with Crippen molar-refractivity contribution in [3.8, 4) is 11.5 Å². The number of rotatable bonds is 5. The Labute approximate surface area is 126 Å². The van der Waals surface area contributed by atoms with Crippen LogP contribution in [0.15, 0.2) is 18.2 Å². The Kier molecular flexibility index (Phi) is 5.44. The minimum Gasteiger partial charge on any atom is -0.490 e. The molecule has 1 N–H and O–H groups in total. The smallest absolute Gasteiger partial charge is 0.254 e. The van der Waals surface area contributed by atoms with Crippen LogP contribution in [0.25, 0.3) is 0 Å². The number of carbonyl (C=O) groups excluding carboxylic acids is 1. The standard InChI is InChI=1S/C16H24N2O3/c1-4-20-14-7-6-13(10-15(14)21-5-2)16(19)18-9-8-17-12(3)11-18/h6-7,10,12,17H,4-5,8-9,11H2,1-3H3. The van der Waals surface area contributed by atoms with Crippen LogP contribution in [0.2, 0.25) is 0 Å². The number of hydrogen-bond donors (Lipinski definition) is 1. The maximum atomic E-state index is 12.6. The van der Waals surface area contributed by atoms with Crippen LogP contribution in [0.5, 0.6) is 11.5 Å². The van der Waals surface area contributed by atoms with E-state index >= 15 is 0 Å². The highest BCUT2D eigenvalue weighted by molar-refractivity contribution is 5.95. The average Bonchev–Trinajstić information content (AvgIpc) is 2.49. The molecule has 1 aromatic carbocycles. The van der Waals surface area contributed by atoms with Crippen LogP contribution < -0.4 is 14.8 Å². The Balaban J connectivity index is 2.18. The molecule has 1 heterocycles. The van der Waals surface area contributed by atoms with Crippen LogP contribution in [0.1, 0.15) is 31.1 Å².